The first-order chi connectivity index (χ1) is 46.7. The highest BCUT2D eigenvalue weighted by Gasteiger charge is 2.48. The second kappa shape index (κ2) is 23.3. The van der Waals surface area contributed by atoms with E-state index in [1.54, 1.807) is 0 Å². The van der Waals surface area contributed by atoms with Crippen molar-refractivity contribution in [1.82, 2.24) is 0 Å². The molecular formula is C94H76N2. The van der Waals surface area contributed by atoms with E-state index in [1.165, 1.54) is 99.4 Å². The third-order valence-electron chi connectivity index (χ3n) is 20.7. The van der Waals surface area contributed by atoms with Gasteiger partial charge in [0.1, 0.15) is 0 Å². The highest BCUT2D eigenvalue weighted by atomic mass is 15.1. The lowest BCUT2D eigenvalue weighted by molar-refractivity contribution is 0.589. The van der Waals surface area contributed by atoms with Crippen molar-refractivity contribution in [2.24, 2.45) is 0 Å². The summed E-state index contributed by atoms with van der Waals surface area (Å²) in [6.07, 6.45) is 3.87. The number of fused-ring (bicyclic) bond motifs is 8. The molecule has 2 nitrogen and oxygen atoms in total. The van der Waals surface area contributed by atoms with E-state index in [0.717, 1.165) is 56.4 Å². The van der Waals surface area contributed by atoms with Gasteiger partial charge in [-0.15, -0.1) is 0 Å². The fraction of sp³-hybridized carbons (Fsp3) is 0.106. The van der Waals surface area contributed by atoms with Gasteiger partial charge in [-0.25, -0.2) is 0 Å². The fourth-order valence-corrected chi connectivity index (χ4v) is 15.8. The largest absolute Gasteiger partial charge is 0.310 e. The lowest BCUT2D eigenvalue weighted by Gasteiger charge is -2.35. The summed E-state index contributed by atoms with van der Waals surface area (Å²) in [6.45, 7) is 22.0. The molecule has 0 amide bonds. The van der Waals surface area contributed by atoms with Crippen LogP contribution in [-0.2, 0) is 21.7 Å². The van der Waals surface area contributed by atoms with E-state index in [1.807, 2.05) is 12.2 Å². The van der Waals surface area contributed by atoms with E-state index in [0.29, 0.717) is 0 Å². The molecule has 14 aromatic carbocycles. The van der Waals surface area contributed by atoms with Gasteiger partial charge < -0.3 is 9.80 Å². The molecule has 2 aliphatic carbocycles. The van der Waals surface area contributed by atoms with Crippen LogP contribution in [0.5, 0.6) is 0 Å². The van der Waals surface area contributed by atoms with Gasteiger partial charge in [0.15, 0.2) is 0 Å². The zero-order valence-electron chi connectivity index (χ0n) is 55.5. The highest BCUT2D eigenvalue weighted by Crippen LogP contribution is 2.60. The molecule has 0 saturated carbocycles. The summed E-state index contributed by atoms with van der Waals surface area (Å²) in [5.41, 5.74) is 27.3. The van der Waals surface area contributed by atoms with Crippen molar-refractivity contribution in [1.29, 1.82) is 0 Å². The van der Waals surface area contributed by atoms with Crippen molar-refractivity contribution in [2.45, 2.75) is 63.2 Å². The number of benzene rings is 14. The van der Waals surface area contributed by atoms with E-state index in [4.69, 9.17) is 0 Å². The Kier molecular flexibility index (Phi) is 14.5. The molecule has 0 N–H and O–H groups in total. The Hall–Kier alpha value is -11.3. The topological polar surface area (TPSA) is 6.48 Å². The monoisotopic (exact) mass is 1230 g/mol. The maximum atomic E-state index is 4.14. The van der Waals surface area contributed by atoms with E-state index >= 15 is 0 Å². The summed E-state index contributed by atoms with van der Waals surface area (Å²) in [6, 6.07) is 119. The van der Waals surface area contributed by atoms with Crippen LogP contribution < -0.4 is 9.80 Å². The molecule has 0 aromatic heterocycles. The number of anilines is 6. The predicted molar refractivity (Wildman–Crippen MR) is 408 cm³/mol. The Morgan fingerprint density at radius 2 is 0.594 bits per heavy atom. The molecule has 2 unspecified atom stereocenters. The van der Waals surface area contributed by atoms with Crippen molar-refractivity contribution in [3.8, 4) is 33.4 Å². The van der Waals surface area contributed by atoms with Gasteiger partial charge in [-0.2, -0.15) is 0 Å². The molecule has 2 atom stereocenters. The number of hydrogen-bond acceptors (Lipinski definition) is 2. The quantitative estimate of drug-likeness (QED) is 0.114. The third-order valence-corrected chi connectivity index (χ3v) is 20.7. The third kappa shape index (κ3) is 9.68. The SMILES string of the molecule is C=Cc1ccc(C2(c3ccc(C(C)(C)C)cc3)c3ccccc3-c3ccc(N(c4ccc(-c5ccc(N(c6ccc7c(c6)C(c6ccc(C=C)cc6)(c6ccc(C(C)(C)C)cc6)c6ccccc6-7)c6cccc7ccccc67)cc5)cc4)c4cccc5ccccc45)cc32)cc1. The van der Waals surface area contributed by atoms with Crippen molar-refractivity contribution < 1.29 is 0 Å². The molecule has 0 aliphatic heterocycles. The van der Waals surface area contributed by atoms with E-state index in [-0.39, 0.29) is 10.8 Å². The smallest absolute Gasteiger partial charge is 0.0714 e. The van der Waals surface area contributed by atoms with Gasteiger partial charge in [0.05, 0.1) is 22.2 Å². The minimum Gasteiger partial charge on any atom is -0.310 e. The van der Waals surface area contributed by atoms with Crippen LogP contribution in [0.1, 0.15) is 108 Å². The van der Waals surface area contributed by atoms with Gasteiger partial charge in [0, 0.05) is 33.5 Å². The first kappa shape index (κ1) is 59.7. The Balaban J connectivity index is 0.825. The predicted octanol–water partition coefficient (Wildman–Crippen LogP) is 25.2. The summed E-state index contributed by atoms with van der Waals surface area (Å²) >= 11 is 0. The van der Waals surface area contributed by atoms with Crippen LogP contribution in [0.3, 0.4) is 0 Å². The summed E-state index contributed by atoms with van der Waals surface area (Å²) in [5.74, 6) is 0. The summed E-state index contributed by atoms with van der Waals surface area (Å²) in [7, 11) is 0. The van der Waals surface area contributed by atoms with Crippen LogP contribution >= 0.6 is 0 Å². The lowest BCUT2D eigenvalue weighted by atomic mass is 9.67. The maximum Gasteiger partial charge on any atom is 0.0714 e. The molecule has 2 aliphatic rings. The molecule has 96 heavy (non-hydrogen) atoms. The first-order valence-electron chi connectivity index (χ1n) is 33.7. The summed E-state index contributed by atoms with van der Waals surface area (Å²) < 4.78 is 0. The minimum absolute atomic E-state index is 0.00111. The van der Waals surface area contributed by atoms with Gasteiger partial charge in [-0.3, -0.25) is 0 Å². The lowest BCUT2D eigenvalue weighted by Crippen LogP contribution is -2.29. The van der Waals surface area contributed by atoms with Crippen LogP contribution in [0.2, 0.25) is 0 Å². The van der Waals surface area contributed by atoms with Crippen LogP contribution in [0.25, 0.3) is 67.1 Å². The Bertz CT molecular complexity index is 4960. The van der Waals surface area contributed by atoms with Crippen molar-refractivity contribution in [3.05, 3.63) is 395 Å². The van der Waals surface area contributed by atoms with E-state index < -0.39 is 10.8 Å². The Morgan fingerprint density at radius 1 is 0.281 bits per heavy atom. The standard InChI is InChI=1S/C94H76N2/c1-9-63-33-41-71(42-34-63)93(73-49-45-69(46-50-73)91(3,4)5)85-29-17-15-27-81(85)83-59-57-77(61-87(83)93)95(89-31-19-23-67-21-11-13-25-79(67)89)75-53-37-65(38-54-75)66-39-55-76(56-40-66)96(90-32-20-24-68-22-12-14-26-80(68)90)78-58-60-84-82-28-16-18-30-86(82)94(88(84)62-78,72-43-35-64(10-2)36-44-72)74-51-47-70(48-52-74)92(6,7)8/h9-62H,1-2H2,3-8H3. The molecule has 16 rings (SSSR count). The van der Waals surface area contributed by atoms with Crippen molar-refractivity contribution in [2.75, 3.05) is 9.80 Å². The normalized spacial score (nSPS) is 15.4. The zero-order chi connectivity index (χ0) is 65.5. The van der Waals surface area contributed by atoms with E-state index in [9.17, 15) is 0 Å². The first-order valence-corrected chi connectivity index (χ1v) is 33.7. The Morgan fingerprint density at radius 3 is 0.958 bits per heavy atom. The van der Waals surface area contributed by atoms with Crippen LogP contribution in [-0.4, -0.2) is 0 Å². The van der Waals surface area contributed by atoms with Crippen molar-refractivity contribution >= 4 is 67.8 Å². The molecule has 14 aromatic rings. The molecular weight excluding hydrogens is 1160 g/mol. The molecule has 0 bridgehead atoms. The summed E-state index contributed by atoms with van der Waals surface area (Å²) in [5, 5.41) is 4.73. The van der Waals surface area contributed by atoms with Crippen LogP contribution in [0.4, 0.5) is 34.1 Å². The second-order valence-electron chi connectivity index (χ2n) is 28.1. The molecule has 2 heteroatoms. The van der Waals surface area contributed by atoms with Crippen LogP contribution in [0.15, 0.2) is 329 Å². The van der Waals surface area contributed by atoms with Crippen LogP contribution in [0, 0.1) is 0 Å². The highest BCUT2D eigenvalue weighted by molar-refractivity contribution is 6.02. The van der Waals surface area contributed by atoms with Gasteiger partial charge in [0.25, 0.3) is 0 Å². The molecule has 0 saturated heterocycles. The number of nitrogens with zero attached hydrogens (tertiary/aromatic N) is 2. The zero-order valence-corrected chi connectivity index (χ0v) is 55.5. The maximum absolute atomic E-state index is 4.14. The van der Waals surface area contributed by atoms with E-state index in [2.05, 4.69) is 380 Å². The minimum atomic E-state index is -0.615. The van der Waals surface area contributed by atoms with Gasteiger partial charge in [0.2, 0.25) is 0 Å². The molecule has 0 spiro atoms. The molecule has 0 radical (unpaired) electrons. The average Bonchev–Trinajstić information content (AvgIpc) is 1.52. The molecule has 0 heterocycles. The van der Waals surface area contributed by atoms with Gasteiger partial charge in [-0.1, -0.05) is 322 Å². The van der Waals surface area contributed by atoms with Gasteiger partial charge >= 0.3 is 0 Å². The van der Waals surface area contributed by atoms with Crippen molar-refractivity contribution in [3.63, 3.8) is 0 Å². The Labute approximate surface area is 566 Å². The fourth-order valence-electron chi connectivity index (χ4n) is 15.8. The van der Waals surface area contributed by atoms with Gasteiger partial charge in [-0.05, 0) is 182 Å². The second-order valence-corrected chi connectivity index (χ2v) is 28.1. The number of hydrogen-bond donors (Lipinski definition) is 0. The number of rotatable bonds is 13. The molecule has 0 fully saturated rings. The molecule has 462 valence electrons. The average molecular weight is 1230 g/mol. The summed E-state index contributed by atoms with van der Waals surface area (Å²) in [4.78, 5) is 4.94.